The standard InChI is InChI=1S/C13H16/c1-2-9(1)5-11(9)7-13(11)8-12(13)6-10(12)3-4-10/h1-8H2. The summed E-state index contributed by atoms with van der Waals surface area (Å²) in [6, 6.07) is 0. The van der Waals surface area contributed by atoms with Crippen LogP contribution in [0.4, 0.5) is 0 Å². The highest BCUT2D eigenvalue weighted by Crippen LogP contribution is 3.13. The summed E-state index contributed by atoms with van der Waals surface area (Å²) >= 11 is 0. The summed E-state index contributed by atoms with van der Waals surface area (Å²) in [6.45, 7) is 0. The number of fused-ring (bicyclic) bond motifs is 4. The van der Waals surface area contributed by atoms with Gasteiger partial charge in [0.25, 0.3) is 0 Å². The second kappa shape index (κ2) is 1.01. The second-order valence-corrected chi connectivity index (χ2v) is 7.51. The maximum atomic E-state index is 1.70. The molecule has 0 nitrogen and oxygen atoms in total. The van der Waals surface area contributed by atoms with E-state index >= 15 is 0 Å². The molecule has 0 aromatic carbocycles. The fourth-order valence-electron chi connectivity index (χ4n) is 6.33. The van der Waals surface area contributed by atoms with Crippen molar-refractivity contribution in [3.05, 3.63) is 0 Å². The van der Waals surface area contributed by atoms with Gasteiger partial charge in [0.15, 0.2) is 0 Å². The first kappa shape index (κ1) is 5.78. The van der Waals surface area contributed by atoms with Crippen LogP contribution in [-0.4, -0.2) is 0 Å². The first-order valence-electron chi connectivity index (χ1n) is 6.24. The van der Waals surface area contributed by atoms with Gasteiger partial charge in [-0.3, -0.25) is 0 Å². The highest BCUT2D eigenvalue weighted by atomic mass is 15.1. The van der Waals surface area contributed by atoms with Crippen LogP contribution in [-0.2, 0) is 0 Å². The molecule has 0 bridgehead atoms. The first-order valence-corrected chi connectivity index (χ1v) is 6.24. The van der Waals surface area contributed by atoms with Crippen LogP contribution in [0.15, 0.2) is 0 Å². The smallest absolute Gasteiger partial charge is 0.0162 e. The third-order valence-electron chi connectivity index (χ3n) is 7.56. The third kappa shape index (κ3) is 0.312. The Labute approximate surface area is 79.1 Å². The molecule has 0 aromatic rings. The summed E-state index contributed by atoms with van der Waals surface area (Å²) in [7, 11) is 0. The predicted molar refractivity (Wildman–Crippen MR) is 49.1 cm³/mol. The van der Waals surface area contributed by atoms with Crippen LogP contribution in [0, 0.1) is 27.1 Å². The number of hydrogen-bond donors (Lipinski definition) is 0. The molecule has 5 spiro atoms. The minimum atomic E-state index is 0.995. The second-order valence-electron chi connectivity index (χ2n) is 7.51. The molecule has 0 saturated heterocycles. The van der Waals surface area contributed by atoms with Gasteiger partial charge in [0.1, 0.15) is 0 Å². The van der Waals surface area contributed by atoms with Crippen LogP contribution in [0.3, 0.4) is 0 Å². The summed E-state index contributed by atoms with van der Waals surface area (Å²) < 4.78 is 0. The summed E-state index contributed by atoms with van der Waals surface area (Å²) in [5.41, 5.74) is 5.01. The molecule has 0 aliphatic heterocycles. The van der Waals surface area contributed by atoms with E-state index in [1.54, 1.807) is 51.4 Å². The van der Waals surface area contributed by atoms with E-state index in [0.29, 0.717) is 0 Å². The molecule has 0 heterocycles. The molecule has 0 heteroatoms. The molecule has 0 aromatic heterocycles. The van der Waals surface area contributed by atoms with Crippen molar-refractivity contribution in [3.8, 4) is 0 Å². The SMILES string of the molecule is C1CC12CC21CC12CC21CC12CC2. The van der Waals surface area contributed by atoms with E-state index < -0.39 is 0 Å². The molecule has 0 radical (unpaired) electrons. The largest absolute Gasteiger partial charge is 0.0465 e. The highest BCUT2D eigenvalue weighted by Gasteiger charge is 3.06. The topological polar surface area (TPSA) is 0 Å². The van der Waals surface area contributed by atoms with Gasteiger partial charge in [-0.15, -0.1) is 0 Å². The van der Waals surface area contributed by atoms with E-state index in [4.69, 9.17) is 0 Å². The van der Waals surface area contributed by atoms with Gasteiger partial charge in [0.05, 0.1) is 0 Å². The van der Waals surface area contributed by atoms with E-state index in [1.165, 1.54) is 0 Å². The van der Waals surface area contributed by atoms with Crippen LogP contribution in [0.2, 0.25) is 0 Å². The van der Waals surface area contributed by atoms with Crippen molar-refractivity contribution in [2.75, 3.05) is 0 Å². The Kier molecular flexibility index (Phi) is 0.447. The molecule has 6 fully saturated rings. The molecule has 6 rings (SSSR count). The molecular weight excluding hydrogens is 156 g/mol. The van der Waals surface area contributed by atoms with Crippen molar-refractivity contribution >= 4 is 0 Å². The molecule has 2 unspecified atom stereocenters. The Morgan fingerprint density at radius 1 is 0.462 bits per heavy atom. The lowest BCUT2D eigenvalue weighted by Crippen LogP contribution is -1.89. The molecule has 6 saturated carbocycles. The van der Waals surface area contributed by atoms with E-state index in [1.807, 2.05) is 0 Å². The number of hydrogen-bond acceptors (Lipinski definition) is 0. The Morgan fingerprint density at radius 2 is 0.923 bits per heavy atom. The van der Waals surface area contributed by atoms with Crippen molar-refractivity contribution in [2.45, 2.75) is 51.4 Å². The zero-order valence-electron chi connectivity index (χ0n) is 8.16. The normalized spacial score (nSPS) is 73.8. The summed E-state index contributed by atoms with van der Waals surface area (Å²) in [5.74, 6) is 0. The quantitative estimate of drug-likeness (QED) is 0.526. The Morgan fingerprint density at radius 3 is 1.23 bits per heavy atom. The highest BCUT2D eigenvalue weighted by molar-refractivity contribution is 5.54. The lowest BCUT2D eigenvalue weighted by atomic mass is 10.1. The average Bonchev–Trinajstić information content (AvgIpc) is 2.95. The van der Waals surface area contributed by atoms with Crippen LogP contribution in [0.25, 0.3) is 0 Å². The molecule has 68 valence electrons. The summed E-state index contributed by atoms with van der Waals surface area (Å²) in [6.07, 6.45) is 13.2. The predicted octanol–water partition coefficient (Wildman–Crippen LogP) is 3.12. The zero-order valence-corrected chi connectivity index (χ0v) is 8.16. The molecule has 0 N–H and O–H groups in total. The van der Waals surface area contributed by atoms with E-state index in [2.05, 4.69) is 0 Å². The zero-order chi connectivity index (χ0) is 8.16. The Hall–Kier alpha value is 0. The van der Waals surface area contributed by atoms with E-state index in [9.17, 15) is 0 Å². The Balaban J connectivity index is 1.49. The fraction of sp³-hybridized carbons (Fsp3) is 1.00. The van der Waals surface area contributed by atoms with Crippen LogP contribution < -0.4 is 0 Å². The summed E-state index contributed by atoms with van der Waals surface area (Å²) in [4.78, 5) is 0. The van der Waals surface area contributed by atoms with Crippen molar-refractivity contribution in [2.24, 2.45) is 27.1 Å². The Bertz CT molecular complexity index is 347. The monoisotopic (exact) mass is 172 g/mol. The number of rotatable bonds is 0. The molecule has 0 amide bonds. The third-order valence-corrected chi connectivity index (χ3v) is 7.56. The van der Waals surface area contributed by atoms with E-state index in [-0.39, 0.29) is 0 Å². The van der Waals surface area contributed by atoms with Gasteiger partial charge in [-0.2, -0.15) is 0 Å². The lowest BCUT2D eigenvalue weighted by molar-refractivity contribution is 0.534. The molecular formula is C13H16. The van der Waals surface area contributed by atoms with Crippen molar-refractivity contribution in [1.29, 1.82) is 0 Å². The molecule has 2 atom stereocenters. The van der Waals surface area contributed by atoms with Gasteiger partial charge in [-0.05, 0) is 78.4 Å². The van der Waals surface area contributed by atoms with Gasteiger partial charge < -0.3 is 0 Å². The molecule has 6 aliphatic carbocycles. The fourth-order valence-corrected chi connectivity index (χ4v) is 6.33. The van der Waals surface area contributed by atoms with Crippen LogP contribution in [0.5, 0.6) is 0 Å². The van der Waals surface area contributed by atoms with Gasteiger partial charge in [0, 0.05) is 0 Å². The lowest BCUT2D eigenvalue weighted by Gasteiger charge is -1.92. The van der Waals surface area contributed by atoms with Crippen molar-refractivity contribution in [1.82, 2.24) is 0 Å². The maximum absolute atomic E-state index is 1.70. The van der Waals surface area contributed by atoms with Gasteiger partial charge in [-0.25, -0.2) is 0 Å². The van der Waals surface area contributed by atoms with Crippen LogP contribution >= 0.6 is 0 Å². The first-order chi connectivity index (χ1) is 6.24. The molecule has 13 heavy (non-hydrogen) atoms. The van der Waals surface area contributed by atoms with E-state index in [0.717, 1.165) is 27.1 Å². The van der Waals surface area contributed by atoms with Gasteiger partial charge in [0.2, 0.25) is 0 Å². The summed E-state index contributed by atoms with van der Waals surface area (Å²) in [5, 5.41) is 0. The average molecular weight is 172 g/mol. The van der Waals surface area contributed by atoms with Crippen molar-refractivity contribution in [3.63, 3.8) is 0 Å². The van der Waals surface area contributed by atoms with Crippen molar-refractivity contribution < 1.29 is 0 Å². The van der Waals surface area contributed by atoms with Gasteiger partial charge >= 0.3 is 0 Å². The minimum absolute atomic E-state index is 0.995. The van der Waals surface area contributed by atoms with Crippen LogP contribution in [0.1, 0.15) is 51.4 Å². The molecule has 6 aliphatic rings. The maximum Gasteiger partial charge on any atom is -0.0162 e. The van der Waals surface area contributed by atoms with Gasteiger partial charge in [-0.1, -0.05) is 0 Å². The minimum Gasteiger partial charge on any atom is -0.0465 e.